The van der Waals surface area contributed by atoms with Crippen molar-refractivity contribution in [1.29, 1.82) is 0 Å². The molecule has 0 heterocycles. The zero-order chi connectivity index (χ0) is 15.6. The number of thiocarbonyl (C=S) groups is 1. The predicted octanol–water partition coefficient (Wildman–Crippen LogP) is 4.85. The van der Waals surface area contributed by atoms with Crippen LogP contribution in [0.1, 0.15) is 11.1 Å². The third-order valence-electron chi connectivity index (χ3n) is 2.70. The number of hydrogen-bond acceptors (Lipinski definition) is 2. The SMILES string of the molecule is NC(=S)c1ccc(Nc2cccc(Br)c2)cc1C(F)(F)F. The van der Waals surface area contributed by atoms with Gasteiger partial charge in [-0.2, -0.15) is 13.2 Å². The van der Waals surface area contributed by atoms with Gasteiger partial charge in [-0.3, -0.25) is 0 Å². The van der Waals surface area contributed by atoms with Crippen LogP contribution in [0.2, 0.25) is 0 Å². The standard InChI is InChI=1S/C14H10BrF3N2S/c15-8-2-1-3-9(6-8)20-10-4-5-11(13(19)21)12(7-10)14(16,17)18/h1-7,20H,(H2,19,21). The maximum absolute atomic E-state index is 13.0. The average Bonchev–Trinajstić information content (AvgIpc) is 2.37. The van der Waals surface area contributed by atoms with Crippen LogP contribution in [0.5, 0.6) is 0 Å². The molecule has 2 nitrogen and oxygen atoms in total. The third kappa shape index (κ3) is 3.95. The molecule has 0 bridgehead atoms. The number of rotatable bonds is 3. The Kier molecular flexibility index (Phi) is 4.53. The molecule has 0 aliphatic carbocycles. The summed E-state index contributed by atoms with van der Waals surface area (Å²) in [5.41, 5.74) is 5.28. The molecular formula is C14H10BrF3N2S. The molecule has 110 valence electrons. The van der Waals surface area contributed by atoms with E-state index in [0.717, 1.165) is 10.5 Å². The van der Waals surface area contributed by atoms with Crippen molar-refractivity contribution >= 4 is 44.5 Å². The maximum Gasteiger partial charge on any atom is 0.417 e. The molecule has 2 aromatic rings. The number of benzene rings is 2. The fourth-order valence-corrected chi connectivity index (χ4v) is 2.38. The van der Waals surface area contributed by atoms with Crippen LogP contribution in [0.25, 0.3) is 0 Å². The smallest absolute Gasteiger partial charge is 0.389 e. The third-order valence-corrected chi connectivity index (χ3v) is 3.42. The van der Waals surface area contributed by atoms with E-state index in [9.17, 15) is 13.2 Å². The molecule has 0 aliphatic heterocycles. The lowest BCUT2D eigenvalue weighted by atomic mass is 10.1. The van der Waals surface area contributed by atoms with Crippen LogP contribution in [0.15, 0.2) is 46.9 Å². The van der Waals surface area contributed by atoms with E-state index in [4.69, 9.17) is 5.73 Å². The van der Waals surface area contributed by atoms with Gasteiger partial charge in [0, 0.05) is 21.4 Å². The molecule has 0 aliphatic rings. The quantitative estimate of drug-likeness (QED) is 0.754. The molecule has 0 aromatic heterocycles. The molecule has 2 aromatic carbocycles. The zero-order valence-electron chi connectivity index (χ0n) is 10.5. The first-order valence-corrected chi connectivity index (χ1v) is 7.01. The summed E-state index contributed by atoms with van der Waals surface area (Å²) in [6, 6.07) is 10.9. The van der Waals surface area contributed by atoms with Crippen LogP contribution in [-0.4, -0.2) is 4.99 Å². The first-order chi connectivity index (χ1) is 9.77. The van der Waals surface area contributed by atoms with E-state index in [1.165, 1.54) is 12.1 Å². The van der Waals surface area contributed by atoms with Gasteiger partial charge < -0.3 is 11.1 Å². The van der Waals surface area contributed by atoms with E-state index < -0.39 is 11.7 Å². The summed E-state index contributed by atoms with van der Waals surface area (Å²) in [5.74, 6) is 0. The van der Waals surface area contributed by atoms with Crippen LogP contribution in [-0.2, 0) is 6.18 Å². The summed E-state index contributed by atoms with van der Waals surface area (Å²) < 4.78 is 39.9. The van der Waals surface area contributed by atoms with E-state index >= 15 is 0 Å². The van der Waals surface area contributed by atoms with Crippen LogP contribution >= 0.6 is 28.1 Å². The number of alkyl halides is 3. The van der Waals surface area contributed by atoms with E-state index in [2.05, 4.69) is 33.5 Å². The number of nitrogens with one attached hydrogen (secondary N) is 1. The van der Waals surface area contributed by atoms with E-state index in [1.807, 2.05) is 6.07 Å². The first-order valence-electron chi connectivity index (χ1n) is 5.81. The van der Waals surface area contributed by atoms with Crippen molar-refractivity contribution in [3.8, 4) is 0 Å². The maximum atomic E-state index is 13.0. The predicted molar refractivity (Wildman–Crippen MR) is 84.8 cm³/mol. The van der Waals surface area contributed by atoms with Crippen molar-refractivity contribution in [1.82, 2.24) is 0 Å². The molecule has 0 saturated heterocycles. The molecule has 0 atom stereocenters. The number of nitrogens with two attached hydrogens (primary N) is 1. The van der Waals surface area contributed by atoms with Gasteiger partial charge in [-0.15, -0.1) is 0 Å². The molecular weight excluding hydrogens is 365 g/mol. The second kappa shape index (κ2) is 6.03. The summed E-state index contributed by atoms with van der Waals surface area (Å²) in [4.78, 5) is -0.281. The van der Waals surface area contributed by atoms with Crippen molar-refractivity contribution < 1.29 is 13.2 Å². The molecule has 0 radical (unpaired) electrons. The largest absolute Gasteiger partial charge is 0.417 e. The van der Waals surface area contributed by atoms with Gasteiger partial charge in [-0.1, -0.05) is 34.2 Å². The summed E-state index contributed by atoms with van der Waals surface area (Å²) >= 11 is 7.96. The van der Waals surface area contributed by atoms with Gasteiger partial charge in [-0.25, -0.2) is 0 Å². The summed E-state index contributed by atoms with van der Waals surface area (Å²) in [6.07, 6.45) is -4.52. The Labute approximate surface area is 133 Å². The van der Waals surface area contributed by atoms with Crippen LogP contribution in [0, 0.1) is 0 Å². The average molecular weight is 375 g/mol. The second-order valence-electron chi connectivity index (χ2n) is 4.26. The minimum atomic E-state index is -4.52. The lowest BCUT2D eigenvalue weighted by molar-refractivity contribution is -0.137. The summed E-state index contributed by atoms with van der Waals surface area (Å²) in [7, 11) is 0. The van der Waals surface area contributed by atoms with Gasteiger partial charge in [0.25, 0.3) is 0 Å². The van der Waals surface area contributed by atoms with Gasteiger partial charge in [0.1, 0.15) is 4.99 Å². The summed E-state index contributed by atoms with van der Waals surface area (Å²) in [5, 5.41) is 2.91. The summed E-state index contributed by atoms with van der Waals surface area (Å²) in [6.45, 7) is 0. The molecule has 0 fully saturated rings. The Hall–Kier alpha value is -1.60. The number of anilines is 2. The van der Waals surface area contributed by atoms with Crippen molar-refractivity contribution in [3.63, 3.8) is 0 Å². The van der Waals surface area contributed by atoms with Crippen molar-refractivity contribution in [3.05, 3.63) is 58.1 Å². The molecule has 0 unspecified atom stereocenters. The Morgan fingerprint density at radius 2 is 1.76 bits per heavy atom. The fourth-order valence-electron chi connectivity index (χ4n) is 1.80. The molecule has 7 heteroatoms. The Morgan fingerprint density at radius 1 is 1.10 bits per heavy atom. The lowest BCUT2D eigenvalue weighted by Gasteiger charge is -2.15. The Bertz CT molecular complexity index is 686. The zero-order valence-corrected chi connectivity index (χ0v) is 12.9. The van der Waals surface area contributed by atoms with Crippen LogP contribution in [0.4, 0.5) is 24.5 Å². The van der Waals surface area contributed by atoms with Gasteiger partial charge in [0.05, 0.1) is 5.56 Å². The number of hydrogen-bond donors (Lipinski definition) is 2. The van der Waals surface area contributed by atoms with E-state index in [0.29, 0.717) is 11.4 Å². The van der Waals surface area contributed by atoms with Crippen molar-refractivity contribution in [2.24, 2.45) is 5.73 Å². The van der Waals surface area contributed by atoms with Gasteiger partial charge in [0.15, 0.2) is 0 Å². The highest BCUT2D eigenvalue weighted by Gasteiger charge is 2.34. The monoisotopic (exact) mass is 374 g/mol. The molecule has 21 heavy (non-hydrogen) atoms. The molecule has 0 saturated carbocycles. The highest BCUT2D eigenvalue weighted by Crippen LogP contribution is 2.34. The highest BCUT2D eigenvalue weighted by molar-refractivity contribution is 9.10. The normalized spacial score (nSPS) is 11.2. The highest BCUT2D eigenvalue weighted by atomic mass is 79.9. The molecule has 3 N–H and O–H groups in total. The fraction of sp³-hybridized carbons (Fsp3) is 0.0714. The second-order valence-corrected chi connectivity index (χ2v) is 5.61. The topological polar surface area (TPSA) is 38.0 Å². The van der Waals surface area contributed by atoms with Gasteiger partial charge in [-0.05, 0) is 36.4 Å². The first kappa shape index (κ1) is 15.8. The van der Waals surface area contributed by atoms with Gasteiger partial charge >= 0.3 is 6.18 Å². The molecule has 2 rings (SSSR count). The van der Waals surface area contributed by atoms with Crippen molar-refractivity contribution in [2.75, 3.05) is 5.32 Å². The number of halogens is 4. The Balaban J connectivity index is 2.40. The van der Waals surface area contributed by atoms with Crippen LogP contribution in [0.3, 0.4) is 0 Å². The molecule has 0 spiro atoms. The Morgan fingerprint density at radius 3 is 2.33 bits per heavy atom. The van der Waals surface area contributed by atoms with E-state index in [-0.39, 0.29) is 10.6 Å². The van der Waals surface area contributed by atoms with E-state index in [1.54, 1.807) is 18.2 Å². The minimum absolute atomic E-state index is 0.183. The van der Waals surface area contributed by atoms with Gasteiger partial charge in [0.2, 0.25) is 0 Å². The molecule has 0 amide bonds. The van der Waals surface area contributed by atoms with Crippen LogP contribution < -0.4 is 11.1 Å². The van der Waals surface area contributed by atoms with Crippen molar-refractivity contribution in [2.45, 2.75) is 6.18 Å². The minimum Gasteiger partial charge on any atom is -0.389 e. The lowest BCUT2D eigenvalue weighted by Crippen LogP contribution is -2.18.